The minimum atomic E-state index is -0.256. The Kier molecular flexibility index (Phi) is 3.54. The van der Waals surface area contributed by atoms with Crippen molar-refractivity contribution >= 4 is 16.8 Å². The van der Waals surface area contributed by atoms with Gasteiger partial charge in [-0.15, -0.1) is 5.10 Å². The molecule has 1 aromatic carbocycles. The fourth-order valence-corrected chi connectivity index (χ4v) is 2.45. The van der Waals surface area contributed by atoms with Gasteiger partial charge in [0.05, 0.1) is 24.5 Å². The van der Waals surface area contributed by atoms with E-state index in [1.165, 1.54) is 0 Å². The molecule has 0 atom stereocenters. The number of amides is 1. The Bertz CT molecular complexity index is 969. The molecule has 0 aliphatic heterocycles. The van der Waals surface area contributed by atoms with Gasteiger partial charge in [-0.25, -0.2) is 4.68 Å². The molecule has 4 rings (SSSR count). The van der Waals surface area contributed by atoms with Crippen LogP contribution in [-0.2, 0) is 13.1 Å². The van der Waals surface area contributed by atoms with Crippen LogP contribution >= 0.6 is 0 Å². The van der Waals surface area contributed by atoms with Crippen LogP contribution in [-0.4, -0.2) is 31.1 Å². The maximum Gasteiger partial charge on any atom is 0.272 e. The van der Waals surface area contributed by atoms with Gasteiger partial charge in [-0.1, -0.05) is 23.4 Å². The Hall–Kier alpha value is -3.42. The Morgan fingerprint density at radius 2 is 2.17 bits per heavy atom. The highest BCUT2D eigenvalue weighted by Crippen LogP contribution is 2.14. The summed E-state index contributed by atoms with van der Waals surface area (Å²) in [5, 5.41) is 18.6. The molecule has 1 amide bonds. The zero-order valence-electron chi connectivity index (χ0n) is 12.6. The lowest BCUT2D eigenvalue weighted by molar-refractivity contribution is 0.0947. The number of carbonyl (C=O) groups is 1. The number of furan rings is 1. The number of hydrogen-bond acceptors (Lipinski definition) is 5. The minimum Gasteiger partial charge on any atom is -0.467 e. The van der Waals surface area contributed by atoms with Gasteiger partial charge in [0.2, 0.25) is 0 Å². The van der Waals surface area contributed by atoms with Gasteiger partial charge in [-0.05, 0) is 18.2 Å². The quantitative estimate of drug-likeness (QED) is 0.582. The van der Waals surface area contributed by atoms with E-state index in [0.717, 1.165) is 16.7 Å². The lowest BCUT2D eigenvalue weighted by Gasteiger charge is -2.00. The predicted octanol–water partition coefficient (Wildman–Crippen LogP) is 1.73. The SMILES string of the molecule is O=C(NCc1cn(Cc2ccco2)nn1)c1n[nH]c2ccccc12. The van der Waals surface area contributed by atoms with Crippen molar-refractivity contribution in [1.82, 2.24) is 30.5 Å². The zero-order chi connectivity index (χ0) is 16.4. The molecular weight excluding hydrogens is 308 g/mol. The van der Waals surface area contributed by atoms with Crippen molar-refractivity contribution in [2.45, 2.75) is 13.1 Å². The second-order valence-corrected chi connectivity index (χ2v) is 5.29. The number of nitrogens with one attached hydrogen (secondary N) is 2. The van der Waals surface area contributed by atoms with Crippen LogP contribution in [0.25, 0.3) is 10.9 Å². The van der Waals surface area contributed by atoms with Crippen molar-refractivity contribution < 1.29 is 9.21 Å². The molecule has 2 N–H and O–H groups in total. The minimum absolute atomic E-state index is 0.256. The van der Waals surface area contributed by atoms with E-state index in [-0.39, 0.29) is 12.5 Å². The monoisotopic (exact) mass is 322 g/mol. The number of aromatic amines is 1. The highest BCUT2D eigenvalue weighted by atomic mass is 16.3. The molecule has 8 nitrogen and oxygen atoms in total. The van der Waals surface area contributed by atoms with E-state index in [1.807, 2.05) is 36.4 Å². The second kappa shape index (κ2) is 5.99. The predicted molar refractivity (Wildman–Crippen MR) is 85.1 cm³/mol. The Morgan fingerprint density at radius 3 is 3.04 bits per heavy atom. The first-order valence-electron chi connectivity index (χ1n) is 7.42. The van der Waals surface area contributed by atoms with Gasteiger partial charge < -0.3 is 9.73 Å². The van der Waals surface area contributed by atoms with E-state index in [9.17, 15) is 4.79 Å². The summed E-state index contributed by atoms with van der Waals surface area (Å²) in [6, 6.07) is 11.2. The molecular formula is C16H14N6O2. The fourth-order valence-electron chi connectivity index (χ4n) is 2.45. The normalized spacial score (nSPS) is 11.0. The summed E-state index contributed by atoms with van der Waals surface area (Å²) in [6.07, 6.45) is 3.38. The Morgan fingerprint density at radius 1 is 1.25 bits per heavy atom. The van der Waals surface area contributed by atoms with Crippen LogP contribution in [0.1, 0.15) is 21.9 Å². The molecule has 0 aliphatic rings. The first kappa shape index (κ1) is 14.2. The molecule has 0 radical (unpaired) electrons. The topological polar surface area (TPSA) is 102 Å². The average molecular weight is 322 g/mol. The molecule has 0 fully saturated rings. The van der Waals surface area contributed by atoms with Crippen molar-refractivity contribution in [2.24, 2.45) is 0 Å². The molecule has 0 unspecified atom stereocenters. The van der Waals surface area contributed by atoms with Gasteiger partial charge in [-0.3, -0.25) is 9.89 Å². The second-order valence-electron chi connectivity index (χ2n) is 5.29. The van der Waals surface area contributed by atoms with Crippen molar-refractivity contribution in [1.29, 1.82) is 0 Å². The van der Waals surface area contributed by atoms with Crippen LogP contribution < -0.4 is 5.32 Å². The van der Waals surface area contributed by atoms with E-state index in [0.29, 0.717) is 17.9 Å². The molecule has 0 bridgehead atoms. The summed E-state index contributed by atoms with van der Waals surface area (Å²) < 4.78 is 6.92. The van der Waals surface area contributed by atoms with Crippen LogP contribution in [0.5, 0.6) is 0 Å². The number of rotatable bonds is 5. The highest BCUT2D eigenvalue weighted by molar-refractivity contribution is 6.04. The van der Waals surface area contributed by atoms with Gasteiger partial charge in [-0.2, -0.15) is 5.10 Å². The number of aromatic nitrogens is 5. The van der Waals surface area contributed by atoms with Crippen LogP contribution in [0.4, 0.5) is 0 Å². The van der Waals surface area contributed by atoms with Crippen LogP contribution in [0.3, 0.4) is 0 Å². The summed E-state index contributed by atoms with van der Waals surface area (Å²) in [5.41, 5.74) is 1.86. The molecule has 0 aliphatic carbocycles. The maximum absolute atomic E-state index is 12.3. The standard InChI is InChI=1S/C16H14N6O2/c23-16(15-13-5-1-2-6-14(13)19-20-15)17-8-11-9-22(21-18-11)10-12-4-3-7-24-12/h1-7,9H,8,10H2,(H,17,23)(H,19,20). The van der Waals surface area contributed by atoms with Crippen molar-refractivity contribution in [3.05, 3.63) is 66.0 Å². The number of hydrogen-bond donors (Lipinski definition) is 2. The number of carbonyl (C=O) groups excluding carboxylic acids is 1. The Labute approximate surface area is 136 Å². The molecule has 120 valence electrons. The van der Waals surface area contributed by atoms with E-state index >= 15 is 0 Å². The van der Waals surface area contributed by atoms with Crippen molar-refractivity contribution in [3.8, 4) is 0 Å². The number of para-hydroxylation sites is 1. The van der Waals surface area contributed by atoms with E-state index in [4.69, 9.17) is 4.42 Å². The van der Waals surface area contributed by atoms with Crippen LogP contribution in [0.2, 0.25) is 0 Å². The number of nitrogens with zero attached hydrogens (tertiary/aromatic N) is 4. The molecule has 3 aromatic heterocycles. The van der Waals surface area contributed by atoms with Gasteiger partial charge in [0.15, 0.2) is 5.69 Å². The van der Waals surface area contributed by atoms with Gasteiger partial charge >= 0.3 is 0 Å². The van der Waals surface area contributed by atoms with E-state index < -0.39 is 0 Å². The fraction of sp³-hybridized carbons (Fsp3) is 0.125. The summed E-state index contributed by atoms with van der Waals surface area (Å²) >= 11 is 0. The largest absolute Gasteiger partial charge is 0.467 e. The average Bonchev–Trinajstić information content (AvgIpc) is 3.34. The maximum atomic E-state index is 12.3. The number of fused-ring (bicyclic) bond motifs is 1. The molecule has 4 aromatic rings. The lowest BCUT2D eigenvalue weighted by Crippen LogP contribution is -2.23. The van der Waals surface area contributed by atoms with Crippen molar-refractivity contribution in [3.63, 3.8) is 0 Å². The van der Waals surface area contributed by atoms with Gasteiger partial charge in [0.25, 0.3) is 5.91 Å². The summed E-state index contributed by atoms with van der Waals surface area (Å²) in [5.74, 6) is 0.534. The van der Waals surface area contributed by atoms with Crippen molar-refractivity contribution in [2.75, 3.05) is 0 Å². The first-order chi connectivity index (χ1) is 11.8. The van der Waals surface area contributed by atoms with E-state index in [1.54, 1.807) is 17.1 Å². The number of H-pyrrole nitrogens is 1. The number of benzene rings is 1. The third-order valence-electron chi connectivity index (χ3n) is 3.60. The van der Waals surface area contributed by atoms with Crippen LogP contribution in [0.15, 0.2) is 53.3 Å². The smallest absolute Gasteiger partial charge is 0.272 e. The van der Waals surface area contributed by atoms with Gasteiger partial charge in [0.1, 0.15) is 18.0 Å². The molecule has 8 heteroatoms. The highest BCUT2D eigenvalue weighted by Gasteiger charge is 2.14. The molecule has 24 heavy (non-hydrogen) atoms. The lowest BCUT2D eigenvalue weighted by atomic mass is 10.2. The third-order valence-corrected chi connectivity index (χ3v) is 3.60. The first-order valence-corrected chi connectivity index (χ1v) is 7.42. The zero-order valence-corrected chi connectivity index (χ0v) is 12.6. The summed E-state index contributed by atoms with van der Waals surface area (Å²) in [6.45, 7) is 0.774. The molecule has 0 saturated carbocycles. The third kappa shape index (κ3) is 2.76. The Balaban J connectivity index is 1.41. The molecule has 3 heterocycles. The summed E-state index contributed by atoms with van der Waals surface area (Å²) in [4.78, 5) is 12.3. The van der Waals surface area contributed by atoms with E-state index in [2.05, 4.69) is 25.8 Å². The molecule has 0 saturated heterocycles. The van der Waals surface area contributed by atoms with Gasteiger partial charge in [0, 0.05) is 5.39 Å². The van der Waals surface area contributed by atoms with Crippen LogP contribution in [0, 0.1) is 0 Å². The molecule has 0 spiro atoms. The summed E-state index contributed by atoms with van der Waals surface area (Å²) in [7, 11) is 0.